The van der Waals surface area contributed by atoms with Crippen LogP contribution in [0.15, 0.2) is 22.6 Å². The van der Waals surface area contributed by atoms with E-state index in [-0.39, 0.29) is 12.4 Å². The first kappa shape index (κ1) is 14.6. The van der Waals surface area contributed by atoms with Gasteiger partial charge in [-0.3, -0.25) is 4.72 Å². The molecule has 7 nitrogen and oxygen atoms in total. The highest BCUT2D eigenvalue weighted by molar-refractivity contribution is 7.91. The molecule has 0 saturated carbocycles. The normalized spacial score (nSPS) is 16.9. The fourth-order valence-corrected chi connectivity index (χ4v) is 2.59. The van der Waals surface area contributed by atoms with Crippen molar-refractivity contribution in [2.75, 3.05) is 11.3 Å². The number of rotatable bonds is 4. The van der Waals surface area contributed by atoms with E-state index in [4.69, 9.17) is 10.5 Å². The number of ether oxygens (including phenoxy) is 1. The number of anilines is 1. The van der Waals surface area contributed by atoms with Crippen molar-refractivity contribution in [3.63, 3.8) is 0 Å². The molecule has 0 fully saturated rings. The van der Waals surface area contributed by atoms with E-state index in [1.165, 1.54) is 0 Å². The zero-order valence-corrected chi connectivity index (χ0v) is 12.1. The van der Waals surface area contributed by atoms with Crippen LogP contribution in [0.4, 0.5) is 5.69 Å². The summed E-state index contributed by atoms with van der Waals surface area (Å²) in [4.78, 5) is 0. The largest absolute Gasteiger partial charge is 0.493 e. The topological polar surface area (TPSA) is 114 Å². The van der Waals surface area contributed by atoms with Crippen LogP contribution >= 0.6 is 0 Å². The summed E-state index contributed by atoms with van der Waals surface area (Å²) in [5, 5.41) is 9.63. The van der Waals surface area contributed by atoms with Gasteiger partial charge in [-0.1, -0.05) is 6.07 Å². The van der Waals surface area contributed by atoms with E-state index in [1.807, 2.05) is 0 Å². The van der Waals surface area contributed by atoms with Gasteiger partial charge >= 0.3 is 10.2 Å². The molecule has 1 aliphatic rings. The predicted octanol–water partition coefficient (Wildman–Crippen LogP) is 0.602. The van der Waals surface area contributed by atoms with Crippen molar-refractivity contribution in [2.45, 2.75) is 25.9 Å². The molecule has 0 amide bonds. The number of fused-ring (bicyclic) bond motifs is 1. The summed E-state index contributed by atoms with van der Waals surface area (Å²) in [6.07, 6.45) is 0.430. The maximum atomic E-state index is 11.4. The first-order chi connectivity index (χ1) is 9.18. The molecule has 20 heavy (non-hydrogen) atoms. The lowest BCUT2D eigenvalue weighted by atomic mass is 10.1. The third-order valence-corrected chi connectivity index (χ3v) is 3.63. The summed E-state index contributed by atoms with van der Waals surface area (Å²) < 4.78 is 34.1. The summed E-state index contributed by atoms with van der Waals surface area (Å²) in [7, 11) is -3.79. The zero-order chi connectivity index (χ0) is 15.0. The van der Waals surface area contributed by atoms with E-state index in [9.17, 15) is 13.5 Å². The van der Waals surface area contributed by atoms with Gasteiger partial charge in [0.2, 0.25) is 0 Å². The van der Waals surface area contributed by atoms with Crippen LogP contribution in [0, 0.1) is 0 Å². The molecule has 1 aromatic carbocycles. The minimum absolute atomic E-state index is 0.113. The van der Waals surface area contributed by atoms with Crippen molar-refractivity contribution < 1.29 is 18.3 Å². The Morgan fingerprint density at radius 1 is 1.45 bits per heavy atom. The Balaban J connectivity index is 2.26. The summed E-state index contributed by atoms with van der Waals surface area (Å²) in [5.74, 6) is 0.313. The average Bonchev–Trinajstić information content (AvgIpc) is 2.24. The van der Waals surface area contributed by atoms with Crippen LogP contribution in [0.2, 0.25) is 0 Å². The second kappa shape index (κ2) is 4.95. The highest BCUT2D eigenvalue weighted by Crippen LogP contribution is 2.30. The predicted molar refractivity (Wildman–Crippen MR) is 76.1 cm³/mol. The molecule has 0 radical (unpaired) electrons. The third-order valence-electron chi connectivity index (χ3n) is 2.71. The van der Waals surface area contributed by atoms with Gasteiger partial charge in [-0.05, 0) is 26.0 Å². The van der Waals surface area contributed by atoms with Crippen LogP contribution in [-0.4, -0.2) is 31.6 Å². The monoisotopic (exact) mass is 299 g/mol. The van der Waals surface area contributed by atoms with Gasteiger partial charge in [0.05, 0.1) is 23.5 Å². The lowest BCUT2D eigenvalue weighted by Crippen LogP contribution is -2.27. The molecule has 1 aromatic rings. The lowest BCUT2D eigenvalue weighted by molar-refractivity contribution is 0.0553. The number of benzene rings is 1. The Morgan fingerprint density at radius 3 is 2.80 bits per heavy atom. The van der Waals surface area contributed by atoms with Crippen molar-refractivity contribution in [3.05, 3.63) is 23.8 Å². The molecular weight excluding hydrogens is 282 g/mol. The van der Waals surface area contributed by atoms with E-state index in [0.29, 0.717) is 23.4 Å². The first-order valence-corrected chi connectivity index (χ1v) is 7.49. The van der Waals surface area contributed by atoms with Gasteiger partial charge in [-0.25, -0.2) is 0 Å². The number of hydrogen-bond acceptors (Lipinski definition) is 5. The van der Waals surface area contributed by atoms with Gasteiger partial charge in [-0.2, -0.15) is 8.42 Å². The molecule has 2 rings (SSSR count). The second-order valence-corrected chi connectivity index (χ2v) is 6.48. The maximum Gasteiger partial charge on any atom is 0.344 e. The van der Waals surface area contributed by atoms with Crippen molar-refractivity contribution in [3.8, 4) is 5.75 Å². The zero-order valence-electron chi connectivity index (χ0n) is 11.3. The van der Waals surface area contributed by atoms with Gasteiger partial charge < -0.3 is 15.6 Å². The molecule has 0 aromatic heterocycles. The summed E-state index contributed by atoms with van der Waals surface area (Å²) in [6, 6.07) is 4.90. The van der Waals surface area contributed by atoms with Crippen LogP contribution in [0.25, 0.3) is 0 Å². The fourth-order valence-electron chi connectivity index (χ4n) is 1.75. The van der Waals surface area contributed by atoms with Crippen molar-refractivity contribution in [1.82, 2.24) is 0 Å². The van der Waals surface area contributed by atoms with Crippen LogP contribution in [-0.2, 0) is 10.2 Å². The van der Waals surface area contributed by atoms with Crippen molar-refractivity contribution >= 4 is 21.7 Å². The Bertz CT molecular complexity index is 647. The Kier molecular flexibility index (Phi) is 3.61. The minimum atomic E-state index is -3.79. The number of nitrogens with two attached hydrogens (primary N) is 1. The molecule has 0 bridgehead atoms. The van der Waals surface area contributed by atoms with Crippen LogP contribution in [0.5, 0.6) is 5.75 Å². The molecule has 1 heterocycles. The quantitative estimate of drug-likeness (QED) is 0.753. The van der Waals surface area contributed by atoms with Gasteiger partial charge in [0.1, 0.15) is 5.75 Å². The number of hydrogen-bond donors (Lipinski definition) is 3. The first-order valence-electron chi connectivity index (χ1n) is 6.05. The summed E-state index contributed by atoms with van der Waals surface area (Å²) in [5.41, 5.74) is 5.59. The molecule has 0 unspecified atom stereocenters. The molecule has 1 aliphatic heterocycles. The number of nitrogens with zero attached hydrogens (tertiary/aromatic N) is 1. The molecule has 0 atom stereocenters. The van der Waals surface area contributed by atoms with E-state index in [2.05, 4.69) is 9.12 Å². The highest BCUT2D eigenvalue weighted by atomic mass is 32.2. The SMILES string of the molecule is CC(C)(O)CCOc1cccc2c1C(N)=NS(=O)(=O)N2. The van der Waals surface area contributed by atoms with E-state index in [0.717, 1.165) is 0 Å². The lowest BCUT2D eigenvalue weighted by Gasteiger charge is -2.21. The van der Waals surface area contributed by atoms with Gasteiger partial charge in [-0.15, -0.1) is 4.40 Å². The van der Waals surface area contributed by atoms with Gasteiger partial charge in [0.15, 0.2) is 5.84 Å². The molecule has 0 saturated heterocycles. The molecule has 4 N–H and O–H groups in total. The summed E-state index contributed by atoms with van der Waals surface area (Å²) >= 11 is 0. The fraction of sp³-hybridized carbons (Fsp3) is 0.417. The van der Waals surface area contributed by atoms with Crippen molar-refractivity contribution in [2.24, 2.45) is 10.1 Å². The standard InChI is InChI=1S/C12H17N3O4S/c1-12(2,16)6-7-19-9-5-3-4-8-10(9)11(13)15-20(17,18)14-8/h3-5,14,16H,6-7H2,1-2H3,(H2,13,15). The minimum Gasteiger partial charge on any atom is -0.493 e. The van der Waals surface area contributed by atoms with Gasteiger partial charge in [0.25, 0.3) is 0 Å². The number of nitrogens with one attached hydrogen (secondary N) is 1. The van der Waals surface area contributed by atoms with Crippen LogP contribution in [0.1, 0.15) is 25.8 Å². The van der Waals surface area contributed by atoms with E-state index in [1.54, 1.807) is 32.0 Å². The number of amidine groups is 1. The molecule has 8 heteroatoms. The summed E-state index contributed by atoms with van der Waals surface area (Å²) in [6.45, 7) is 3.64. The second-order valence-electron chi connectivity index (χ2n) is 5.14. The molecule has 0 spiro atoms. The highest BCUT2D eigenvalue weighted by Gasteiger charge is 2.24. The van der Waals surface area contributed by atoms with Crippen molar-refractivity contribution in [1.29, 1.82) is 0 Å². The Labute approximate surface area is 117 Å². The Morgan fingerprint density at radius 2 is 2.15 bits per heavy atom. The smallest absolute Gasteiger partial charge is 0.344 e. The Hall–Kier alpha value is -1.80. The van der Waals surface area contributed by atoms with E-state index >= 15 is 0 Å². The average molecular weight is 299 g/mol. The molecular formula is C12H17N3O4S. The van der Waals surface area contributed by atoms with Crippen LogP contribution < -0.4 is 15.2 Å². The third kappa shape index (κ3) is 3.40. The maximum absolute atomic E-state index is 11.4. The van der Waals surface area contributed by atoms with Crippen LogP contribution in [0.3, 0.4) is 0 Å². The van der Waals surface area contributed by atoms with Gasteiger partial charge in [0, 0.05) is 6.42 Å². The van der Waals surface area contributed by atoms with E-state index < -0.39 is 15.8 Å². The molecule has 110 valence electrons. The number of aliphatic hydroxyl groups is 1. The molecule has 0 aliphatic carbocycles.